The molecule has 3 aromatic rings. The number of aromatic nitrogens is 3. The summed E-state index contributed by atoms with van der Waals surface area (Å²) in [4.78, 5) is 16.1. The number of benzene rings is 1. The van der Waals surface area contributed by atoms with Crippen LogP contribution in [0.3, 0.4) is 0 Å². The summed E-state index contributed by atoms with van der Waals surface area (Å²) >= 11 is 0. The number of hydrogen-bond acceptors (Lipinski definition) is 3. The number of para-hydroxylation sites is 1. The molecule has 4 heteroatoms. The van der Waals surface area contributed by atoms with Crippen molar-refractivity contribution < 1.29 is 4.79 Å². The number of fused-ring (bicyclic) bond motifs is 1. The van der Waals surface area contributed by atoms with E-state index in [-0.39, 0.29) is 5.78 Å². The Morgan fingerprint density at radius 1 is 1.20 bits per heavy atom. The molecule has 100 valence electrons. The lowest BCUT2D eigenvalue weighted by Crippen LogP contribution is -2.01. The third kappa shape index (κ3) is 1.90. The highest BCUT2D eigenvalue weighted by atomic mass is 16.1. The molecule has 0 amide bonds. The van der Waals surface area contributed by atoms with Gasteiger partial charge in [0.05, 0.1) is 34.4 Å². The van der Waals surface area contributed by atoms with E-state index in [1.807, 2.05) is 44.2 Å². The molecule has 0 N–H and O–H groups in total. The van der Waals surface area contributed by atoms with Crippen molar-refractivity contribution in [2.24, 2.45) is 0 Å². The lowest BCUT2D eigenvalue weighted by atomic mass is 10.1. The summed E-state index contributed by atoms with van der Waals surface area (Å²) in [5, 5.41) is 5.52. The number of carbonyl (C=O) groups excluding carboxylic acids is 1. The summed E-state index contributed by atoms with van der Waals surface area (Å²) in [6, 6.07) is 9.97. The molecule has 1 aromatic carbocycles. The molecule has 4 nitrogen and oxygen atoms in total. The first-order valence-corrected chi connectivity index (χ1v) is 6.50. The topological polar surface area (TPSA) is 47.8 Å². The van der Waals surface area contributed by atoms with Gasteiger partial charge in [0.15, 0.2) is 5.78 Å². The molecule has 0 aliphatic carbocycles. The molecule has 0 bridgehead atoms. The number of hydrogen-bond donors (Lipinski definition) is 0. The van der Waals surface area contributed by atoms with Crippen molar-refractivity contribution in [2.45, 2.75) is 20.8 Å². The SMILES string of the molecule is CC(=O)c1c(C)nn(-c2cnc3ccccc3c2)c1C. The van der Waals surface area contributed by atoms with E-state index >= 15 is 0 Å². The standard InChI is InChI=1S/C16H15N3O/c1-10-16(12(3)20)11(2)19(18-10)14-8-13-6-4-5-7-15(13)17-9-14/h4-9H,1-3H3. The van der Waals surface area contributed by atoms with Crippen molar-refractivity contribution in [2.75, 3.05) is 0 Å². The number of pyridine rings is 1. The minimum absolute atomic E-state index is 0.0417. The molecule has 0 aliphatic heterocycles. The summed E-state index contributed by atoms with van der Waals surface area (Å²) in [5.74, 6) is 0.0417. The maximum Gasteiger partial charge on any atom is 0.163 e. The van der Waals surface area contributed by atoms with E-state index in [4.69, 9.17) is 0 Å². The van der Waals surface area contributed by atoms with Crippen LogP contribution in [0.25, 0.3) is 16.6 Å². The molecule has 0 saturated carbocycles. The summed E-state index contributed by atoms with van der Waals surface area (Å²) in [6.45, 7) is 5.33. The summed E-state index contributed by atoms with van der Waals surface area (Å²) in [6.07, 6.45) is 1.78. The molecule has 2 aromatic heterocycles. The van der Waals surface area contributed by atoms with E-state index < -0.39 is 0 Å². The van der Waals surface area contributed by atoms with E-state index in [2.05, 4.69) is 10.1 Å². The fourth-order valence-corrected chi connectivity index (χ4v) is 2.58. The average Bonchev–Trinajstić information content (AvgIpc) is 2.73. The van der Waals surface area contributed by atoms with Crippen molar-refractivity contribution in [3.63, 3.8) is 0 Å². The molecule has 0 saturated heterocycles. The Hall–Kier alpha value is -2.49. The van der Waals surface area contributed by atoms with Gasteiger partial charge in [-0.05, 0) is 32.9 Å². The summed E-state index contributed by atoms with van der Waals surface area (Å²) < 4.78 is 1.78. The maximum absolute atomic E-state index is 11.7. The minimum atomic E-state index is 0.0417. The minimum Gasteiger partial charge on any atom is -0.294 e. The van der Waals surface area contributed by atoms with Crippen LogP contribution in [0.15, 0.2) is 36.5 Å². The molecular weight excluding hydrogens is 250 g/mol. The molecular formula is C16H15N3O. The van der Waals surface area contributed by atoms with E-state index in [1.165, 1.54) is 0 Å². The molecule has 3 rings (SSSR count). The fourth-order valence-electron chi connectivity index (χ4n) is 2.58. The lowest BCUT2D eigenvalue weighted by Gasteiger charge is -2.05. The molecule has 0 aliphatic rings. The van der Waals surface area contributed by atoms with Gasteiger partial charge >= 0.3 is 0 Å². The van der Waals surface area contributed by atoms with Crippen molar-refractivity contribution in [3.8, 4) is 5.69 Å². The second kappa shape index (κ2) is 4.56. The highest BCUT2D eigenvalue weighted by Crippen LogP contribution is 2.20. The van der Waals surface area contributed by atoms with E-state index in [9.17, 15) is 4.79 Å². The first kappa shape index (κ1) is 12.5. The van der Waals surface area contributed by atoms with Gasteiger partial charge in [0.1, 0.15) is 0 Å². The maximum atomic E-state index is 11.7. The second-order valence-electron chi connectivity index (χ2n) is 4.90. The molecule has 0 spiro atoms. The van der Waals surface area contributed by atoms with Crippen LogP contribution in [0, 0.1) is 13.8 Å². The van der Waals surface area contributed by atoms with Gasteiger partial charge in [0, 0.05) is 5.39 Å². The molecule has 0 fully saturated rings. The zero-order valence-electron chi connectivity index (χ0n) is 11.7. The molecule has 0 atom stereocenters. The molecule has 20 heavy (non-hydrogen) atoms. The Morgan fingerprint density at radius 2 is 1.95 bits per heavy atom. The van der Waals surface area contributed by atoms with E-state index in [0.29, 0.717) is 5.56 Å². The van der Waals surface area contributed by atoms with Crippen LogP contribution < -0.4 is 0 Å². The van der Waals surface area contributed by atoms with Crippen molar-refractivity contribution >= 4 is 16.7 Å². The number of aryl methyl sites for hydroxylation is 1. The Balaban J connectivity index is 2.21. The largest absolute Gasteiger partial charge is 0.294 e. The third-order valence-electron chi connectivity index (χ3n) is 3.46. The molecule has 2 heterocycles. The van der Waals surface area contributed by atoms with Gasteiger partial charge in [-0.25, -0.2) is 4.68 Å². The van der Waals surface area contributed by atoms with Crippen molar-refractivity contribution in [1.82, 2.24) is 14.8 Å². The average molecular weight is 265 g/mol. The van der Waals surface area contributed by atoms with Crippen LogP contribution >= 0.6 is 0 Å². The van der Waals surface area contributed by atoms with Gasteiger partial charge in [-0.2, -0.15) is 5.10 Å². The van der Waals surface area contributed by atoms with Crippen LogP contribution in [0.1, 0.15) is 28.7 Å². The Labute approximate surface area is 117 Å². The zero-order chi connectivity index (χ0) is 14.3. The third-order valence-corrected chi connectivity index (χ3v) is 3.46. The molecule has 0 radical (unpaired) electrons. The highest BCUT2D eigenvalue weighted by molar-refractivity contribution is 5.96. The van der Waals surface area contributed by atoms with E-state index in [1.54, 1.807) is 17.8 Å². The van der Waals surface area contributed by atoms with Crippen LogP contribution in [0.2, 0.25) is 0 Å². The van der Waals surface area contributed by atoms with Crippen LogP contribution in [0.4, 0.5) is 0 Å². The van der Waals surface area contributed by atoms with Gasteiger partial charge in [-0.3, -0.25) is 9.78 Å². The first-order valence-electron chi connectivity index (χ1n) is 6.50. The monoisotopic (exact) mass is 265 g/mol. The number of rotatable bonds is 2. The van der Waals surface area contributed by atoms with Crippen LogP contribution in [-0.2, 0) is 0 Å². The normalized spacial score (nSPS) is 10.9. The predicted molar refractivity (Wildman–Crippen MR) is 78.3 cm³/mol. The lowest BCUT2D eigenvalue weighted by molar-refractivity contribution is 0.101. The summed E-state index contributed by atoms with van der Waals surface area (Å²) in [5.41, 5.74) is 4.12. The number of carbonyl (C=O) groups is 1. The quantitative estimate of drug-likeness (QED) is 0.668. The zero-order valence-corrected chi connectivity index (χ0v) is 11.7. The molecule has 0 unspecified atom stereocenters. The number of ketones is 1. The second-order valence-corrected chi connectivity index (χ2v) is 4.90. The van der Waals surface area contributed by atoms with Gasteiger partial charge in [-0.1, -0.05) is 18.2 Å². The Bertz CT molecular complexity index is 818. The van der Waals surface area contributed by atoms with Gasteiger partial charge in [-0.15, -0.1) is 0 Å². The van der Waals surface area contributed by atoms with Gasteiger partial charge in [0.25, 0.3) is 0 Å². The van der Waals surface area contributed by atoms with Gasteiger partial charge in [0.2, 0.25) is 0 Å². The summed E-state index contributed by atoms with van der Waals surface area (Å²) in [7, 11) is 0. The number of Topliss-reactive ketones (excluding diaryl/α,β-unsaturated/α-hetero) is 1. The van der Waals surface area contributed by atoms with E-state index in [0.717, 1.165) is 28.0 Å². The van der Waals surface area contributed by atoms with Crippen LogP contribution in [-0.4, -0.2) is 20.5 Å². The number of nitrogens with zero attached hydrogens (tertiary/aromatic N) is 3. The van der Waals surface area contributed by atoms with Gasteiger partial charge < -0.3 is 0 Å². The first-order chi connectivity index (χ1) is 9.58. The van der Waals surface area contributed by atoms with Crippen molar-refractivity contribution in [3.05, 3.63) is 53.5 Å². The highest BCUT2D eigenvalue weighted by Gasteiger charge is 2.16. The Morgan fingerprint density at radius 3 is 2.65 bits per heavy atom. The smallest absolute Gasteiger partial charge is 0.163 e. The fraction of sp³-hybridized carbons (Fsp3) is 0.188. The van der Waals surface area contributed by atoms with Crippen molar-refractivity contribution in [1.29, 1.82) is 0 Å². The predicted octanol–water partition coefficient (Wildman–Crippen LogP) is 3.24. The Kier molecular flexibility index (Phi) is 2.86. The van der Waals surface area contributed by atoms with Crippen LogP contribution in [0.5, 0.6) is 0 Å².